The van der Waals surface area contributed by atoms with Crippen molar-refractivity contribution in [2.24, 2.45) is 0 Å². The van der Waals surface area contributed by atoms with Crippen molar-refractivity contribution in [1.29, 1.82) is 0 Å². The van der Waals surface area contributed by atoms with Gasteiger partial charge in [-0.05, 0) is 42.3 Å². The highest BCUT2D eigenvalue weighted by atomic mass is 19.1. The summed E-state index contributed by atoms with van der Waals surface area (Å²) in [7, 11) is 0. The lowest BCUT2D eigenvalue weighted by atomic mass is 10.00. The first-order valence-electron chi connectivity index (χ1n) is 9.84. The minimum Gasteiger partial charge on any atom is -0.477 e. The monoisotopic (exact) mass is 401 g/mol. The van der Waals surface area contributed by atoms with Crippen molar-refractivity contribution in [2.75, 3.05) is 6.73 Å². The van der Waals surface area contributed by atoms with E-state index in [4.69, 9.17) is 9.47 Å². The number of carbonyl (C=O) groups is 1. The molecule has 0 aromatic heterocycles. The van der Waals surface area contributed by atoms with E-state index < -0.39 is 0 Å². The maximum Gasteiger partial charge on any atom is 0.231 e. The molecule has 0 fully saturated rings. The van der Waals surface area contributed by atoms with Crippen molar-refractivity contribution in [1.82, 2.24) is 4.90 Å². The molecule has 3 aromatic rings. The molecule has 0 spiro atoms. The molecule has 0 saturated heterocycles. The van der Waals surface area contributed by atoms with Crippen LogP contribution >= 0.6 is 0 Å². The molecular formula is C25H20FNO3. The molecule has 0 radical (unpaired) electrons. The summed E-state index contributed by atoms with van der Waals surface area (Å²) in [6, 6.07) is 18.1. The van der Waals surface area contributed by atoms with Gasteiger partial charge in [0.15, 0.2) is 5.76 Å². The molecular weight excluding hydrogens is 381 g/mol. The van der Waals surface area contributed by atoms with Crippen LogP contribution in [-0.2, 0) is 13.1 Å². The second-order valence-electron chi connectivity index (χ2n) is 7.60. The zero-order chi connectivity index (χ0) is 20.7. The highest BCUT2D eigenvalue weighted by molar-refractivity contribution is 6.15. The molecule has 2 aliphatic rings. The Morgan fingerprint density at radius 1 is 1.07 bits per heavy atom. The van der Waals surface area contributed by atoms with Crippen LogP contribution in [-0.4, -0.2) is 17.4 Å². The summed E-state index contributed by atoms with van der Waals surface area (Å²) >= 11 is 0. The number of hydrogen-bond acceptors (Lipinski definition) is 4. The molecule has 0 saturated carbocycles. The van der Waals surface area contributed by atoms with Crippen molar-refractivity contribution in [3.05, 3.63) is 100 Å². The van der Waals surface area contributed by atoms with Crippen molar-refractivity contribution in [3.8, 4) is 11.5 Å². The van der Waals surface area contributed by atoms with Crippen LogP contribution in [0.25, 0.3) is 6.08 Å². The zero-order valence-corrected chi connectivity index (χ0v) is 16.5. The first-order chi connectivity index (χ1) is 14.6. The number of nitrogens with zero attached hydrogens (tertiary/aromatic N) is 1. The van der Waals surface area contributed by atoms with Gasteiger partial charge in [-0.25, -0.2) is 4.39 Å². The largest absolute Gasteiger partial charge is 0.477 e. The predicted molar refractivity (Wildman–Crippen MR) is 112 cm³/mol. The Kier molecular flexibility index (Phi) is 4.60. The van der Waals surface area contributed by atoms with Gasteiger partial charge >= 0.3 is 0 Å². The number of ketones is 1. The molecule has 0 aliphatic carbocycles. The van der Waals surface area contributed by atoms with E-state index in [2.05, 4.69) is 17.0 Å². The Bertz CT molecular complexity index is 1150. The summed E-state index contributed by atoms with van der Waals surface area (Å²) in [4.78, 5) is 15.2. The Morgan fingerprint density at radius 2 is 1.83 bits per heavy atom. The van der Waals surface area contributed by atoms with Gasteiger partial charge in [0.1, 0.15) is 24.0 Å². The van der Waals surface area contributed by atoms with Gasteiger partial charge in [-0.1, -0.05) is 42.5 Å². The quantitative estimate of drug-likeness (QED) is 0.572. The van der Waals surface area contributed by atoms with Gasteiger partial charge in [0.2, 0.25) is 5.78 Å². The third-order valence-corrected chi connectivity index (χ3v) is 5.42. The number of benzene rings is 3. The Morgan fingerprint density at radius 3 is 2.60 bits per heavy atom. The molecule has 5 heteroatoms. The van der Waals surface area contributed by atoms with Crippen LogP contribution in [0.1, 0.15) is 32.6 Å². The van der Waals surface area contributed by atoms with Gasteiger partial charge < -0.3 is 9.47 Å². The van der Waals surface area contributed by atoms with Crippen LogP contribution in [0.2, 0.25) is 0 Å². The number of hydrogen-bond donors (Lipinski definition) is 0. The second kappa shape index (κ2) is 7.43. The van der Waals surface area contributed by atoms with Crippen LogP contribution in [0.4, 0.5) is 4.39 Å². The first kappa shape index (κ1) is 18.6. The van der Waals surface area contributed by atoms with Gasteiger partial charge in [-0.3, -0.25) is 9.69 Å². The molecule has 3 aromatic carbocycles. The summed E-state index contributed by atoms with van der Waals surface area (Å²) in [6.45, 7) is 3.87. The summed E-state index contributed by atoms with van der Waals surface area (Å²) in [5.41, 5.74) is 4.28. The van der Waals surface area contributed by atoms with Gasteiger partial charge in [0.25, 0.3) is 0 Å². The highest BCUT2D eigenvalue weighted by Crippen LogP contribution is 2.43. The lowest BCUT2D eigenvalue weighted by Crippen LogP contribution is -2.32. The van der Waals surface area contributed by atoms with E-state index >= 15 is 0 Å². The number of Topliss-reactive ketones (excluding diaryl/α,β-unsaturated/α-hetero) is 1. The van der Waals surface area contributed by atoms with Gasteiger partial charge in [0.05, 0.1) is 5.56 Å². The van der Waals surface area contributed by atoms with E-state index in [-0.39, 0.29) is 17.4 Å². The third-order valence-electron chi connectivity index (χ3n) is 5.42. The fourth-order valence-corrected chi connectivity index (χ4v) is 3.95. The summed E-state index contributed by atoms with van der Waals surface area (Å²) in [6.07, 6.45) is 1.64. The van der Waals surface area contributed by atoms with Crippen LogP contribution in [0.15, 0.2) is 66.4 Å². The number of carbonyl (C=O) groups excluding carboxylic acids is 1. The minimum atomic E-state index is -0.320. The highest BCUT2D eigenvalue weighted by Gasteiger charge is 2.33. The molecule has 0 unspecified atom stereocenters. The normalized spacial score (nSPS) is 16.7. The van der Waals surface area contributed by atoms with Crippen molar-refractivity contribution in [3.63, 3.8) is 0 Å². The van der Waals surface area contributed by atoms with Crippen LogP contribution in [0.3, 0.4) is 0 Å². The molecule has 2 heterocycles. The SMILES string of the molecule is Cc1c2c(cc3c1O/C(=C\c1ccc(F)cc1)C3=O)CN(Cc1ccccc1)CO2. The molecule has 0 atom stereocenters. The van der Waals surface area contributed by atoms with Crippen molar-refractivity contribution < 1.29 is 18.7 Å². The van der Waals surface area contributed by atoms with E-state index in [0.717, 1.165) is 23.4 Å². The van der Waals surface area contributed by atoms with Crippen LogP contribution in [0, 0.1) is 12.7 Å². The van der Waals surface area contributed by atoms with Crippen molar-refractivity contribution in [2.45, 2.75) is 20.0 Å². The number of ether oxygens (including phenoxy) is 2. The molecule has 0 bridgehead atoms. The predicted octanol–water partition coefficient (Wildman–Crippen LogP) is 5.10. The molecule has 2 aliphatic heterocycles. The smallest absolute Gasteiger partial charge is 0.231 e. The lowest BCUT2D eigenvalue weighted by Gasteiger charge is -2.30. The Balaban J connectivity index is 1.43. The molecule has 30 heavy (non-hydrogen) atoms. The third kappa shape index (κ3) is 3.37. The van der Waals surface area contributed by atoms with Crippen LogP contribution < -0.4 is 9.47 Å². The lowest BCUT2D eigenvalue weighted by molar-refractivity contribution is 0.0876. The minimum absolute atomic E-state index is 0.166. The van der Waals surface area contributed by atoms with Gasteiger partial charge in [-0.2, -0.15) is 0 Å². The maximum atomic E-state index is 13.2. The topological polar surface area (TPSA) is 38.8 Å². The van der Waals surface area contributed by atoms with E-state index in [9.17, 15) is 9.18 Å². The Hall–Kier alpha value is -3.44. The summed E-state index contributed by atoms with van der Waals surface area (Å²) in [5.74, 6) is 1.08. The maximum absolute atomic E-state index is 13.2. The molecule has 5 rings (SSSR count). The number of halogens is 1. The van der Waals surface area contributed by atoms with Gasteiger partial charge in [-0.15, -0.1) is 0 Å². The van der Waals surface area contributed by atoms with Gasteiger partial charge in [0, 0.05) is 24.2 Å². The van der Waals surface area contributed by atoms with Crippen LogP contribution in [0.5, 0.6) is 11.5 Å². The fourth-order valence-electron chi connectivity index (χ4n) is 3.95. The molecule has 150 valence electrons. The number of rotatable bonds is 3. The fraction of sp³-hybridized carbons (Fsp3) is 0.160. The number of fused-ring (bicyclic) bond motifs is 2. The molecule has 0 N–H and O–H groups in total. The summed E-state index contributed by atoms with van der Waals surface area (Å²) in [5, 5.41) is 0. The molecule has 4 nitrogen and oxygen atoms in total. The average molecular weight is 401 g/mol. The Labute approximate surface area is 174 Å². The van der Waals surface area contributed by atoms with E-state index in [1.807, 2.05) is 31.2 Å². The average Bonchev–Trinajstić information content (AvgIpc) is 3.06. The standard InChI is InChI=1S/C25H20FNO3/c1-16-24-19(14-27(15-29-24)13-18-5-3-2-4-6-18)12-21-23(28)22(30-25(16)21)11-17-7-9-20(26)10-8-17/h2-12H,13-15H2,1H3/b22-11-. The molecule has 0 amide bonds. The first-order valence-corrected chi connectivity index (χ1v) is 9.84. The zero-order valence-electron chi connectivity index (χ0n) is 16.5. The van der Waals surface area contributed by atoms with E-state index in [1.54, 1.807) is 18.2 Å². The van der Waals surface area contributed by atoms with E-state index in [1.165, 1.54) is 17.7 Å². The number of allylic oxidation sites excluding steroid dienone is 1. The summed E-state index contributed by atoms with van der Waals surface area (Å²) < 4.78 is 25.1. The van der Waals surface area contributed by atoms with E-state index in [0.29, 0.717) is 30.2 Å². The second-order valence-corrected chi connectivity index (χ2v) is 7.60. The van der Waals surface area contributed by atoms with Crippen molar-refractivity contribution >= 4 is 11.9 Å².